The third-order valence-corrected chi connectivity index (χ3v) is 4.08. The Bertz CT molecular complexity index is 1040. The van der Waals surface area contributed by atoms with Crippen LogP contribution < -0.4 is 10.6 Å². The van der Waals surface area contributed by atoms with Crippen LogP contribution >= 0.6 is 11.6 Å². The van der Waals surface area contributed by atoms with Crippen molar-refractivity contribution >= 4 is 40.7 Å². The quantitative estimate of drug-likeness (QED) is 0.627. The highest BCUT2D eigenvalue weighted by Crippen LogP contribution is 2.22. The summed E-state index contributed by atoms with van der Waals surface area (Å²) in [7, 11) is 1.32. The molecule has 0 bridgehead atoms. The van der Waals surface area contributed by atoms with E-state index in [1.54, 1.807) is 55.5 Å². The molecule has 2 N–H and O–H groups in total. The minimum absolute atomic E-state index is 0.180. The molecule has 0 radical (unpaired) electrons. The summed E-state index contributed by atoms with van der Waals surface area (Å²) in [6.07, 6.45) is 0. The van der Waals surface area contributed by atoms with Gasteiger partial charge in [0.25, 0.3) is 5.91 Å². The molecule has 1 amide bonds. The second-order valence-electron chi connectivity index (χ2n) is 5.82. The van der Waals surface area contributed by atoms with Crippen LogP contribution in [0.5, 0.6) is 0 Å². The van der Waals surface area contributed by atoms with Crippen LogP contribution in [0, 0.1) is 6.92 Å². The third-order valence-electron chi connectivity index (χ3n) is 3.75. The number of nitrogens with zero attached hydrogens (tertiary/aromatic N) is 2. The first-order valence-corrected chi connectivity index (χ1v) is 8.71. The molecule has 0 spiro atoms. The Labute approximate surface area is 166 Å². The maximum absolute atomic E-state index is 12.6. The van der Waals surface area contributed by atoms with Gasteiger partial charge in [0, 0.05) is 11.8 Å². The molecule has 2 aromatic carbocycles. The van der Waals surface area contributed by atoms with E-state index in [0.717, 1.165) is 0 Å². The van der Waals surface area contributed by atoms with E-state index in [1.165, 1.54) is 13.2 Å². The van der Waals surface area contributed by atoms with Crippen molar-refractivity contribution in [2.45, 2.75) is 6.92 Å². The standard InChI is InChI=1S/C20H17ClN4O3/c1-12-22-17(19(26)25-16-9-4-3-8-15(16)21)11-18(23-12)24-14-7-5-6-13(10-14)20(27)28-2/h3-11H,1-2H3,(H,25,26)(H,22,23,24). The summed E-state index contributed by atoms with van der Waals surface area (Å²) in [5.41, 5.74) is 1.69. The summed E-state index contributed by atoms with van der Waals surface area (Å²) in [4.78, 5) is 32.7. The zero-order valence-electron chi connectivity index (χ0n) is 15.2. The average molecular weight is 397 g/mol. The molecule has 0 saturated carbocycles. The van der Waals surface area contributed by atoms with Gasteiger partial charge in [-0.15, -0.1) is 0 Å². The van der Waals surface area contributed by atoms with Crippen LogP contribution in [-0.2, 0) is 4.74 Å². The summed E-state index contributed by atoms with van der Waals surface area (Å²) in [6.45, 7) is 1.68. The summed E-state index contributed by atoms with van der Waals surface area (Å²) in [6, 6.07) is 15.2. The van der Waals surface area contributed by atoms with Crippen molar-refractivity contribution in [1.82, 2.24) is 9.97 Å². The maximum atomic E-state index is 12.6. The van der Waals surface area contributed by atoms with E-state index < -0.39 is 11.9 Å². The van der Waals surface area contributed by atoms with E-state index >= 15 is 0 Å². The van der Waals surface area contributed by atoms with Gasteiger partial charge in [-0.1, -0.05) is 29.8 Å². The minimum atomic E-state index is -0.442. The number of hydrogen-bond acceptors (Lipinski definition) is 6. The van der Waals surface area contributed by atoms with E-state index in [2.05, 4.69) is 20.6 Å². The van der Waals surface area contributed by atoms with E-state index in [1.807, 2.05) is 0 Å². The van der Waals surface area contributed by atoms with Crippen molar-refractivity contribution < 1.29 is 14.3 Å². The smallest absolute Gasteiger partial charge is 0.337 e. The maximum Gasteiger partial charge on any atom is 0.337 e. The monoisotopic (exact) mass is 396 g/mol. The molecule has 3 rings (SSSR count). The third kappa shape index (κ3) is 4.63. The Morgan fingerprint density at radius 1 is 1.04 bits per heavy atom. The van der Waals surface area contributed by atoms with E-state index in [9.17, 15) is 9.59 Å². The zero-order valence-corrected chi connectivity index (χ0v) is 15.9. The molecule has 0 aliphatic carbocycles. The van der Waals surface area contributed by atoms with Gasteiger partial charge in [0.15, 0.2) is 0 Å². The van der Waals surface area contributed by atoms with Crippen LogP contribution in [0.2, 0.25) is 5.02 Å². The Morgan fingerprint density at radius 3 is 2.57 bits per heavy atom. The van der Waals surface area contributed by atoms with Gasteiger partial charge in [0.2, 0.25) is 0 Å². The predicted molar refractivity (Wildman–Crippen MR) is 107 cm³/mol. The SMILES string of the molecule is COC(=O)c1cccc(Nc2cc(C(=O)Nc3ccccc3Cl)nc(C)n2)c1. The predicted octanol–water partition coefficient (Wildman–Crippen LogP) is 4.22. The molecule has 1 aromatic heterocycles. The largest absolute Gasteiger partial charge is 0.465 e. The van der Waals surface area contributed by atoms with Gasteiger partial charge in [-0.25, -0.2) is 14.8 Å². The van der Waals surface area contributed by atoms with E-state index in [0.29, 0.717) is 33.6 Å². The number of carbonyl (C=O) groups is 2. The first kappa shape index (κ1) is 19.3. The zero-order chi connectivity index (χ0) is 20.1. The lowest BCUT2D eigenvalue weighted by atomic mass is 10.2. The highest BCUT2D eigenvalue weighted by Gasteiger charge is 2.13. The highest BCUT2D eigenvalue weighted by atomic mass is 35.5. The molecular weight excluding hydrogens is 380 g/mol. The minimum Gasteiger partial charge on any atom is -0.465 e. The summed E-state index contributed by atoms with van der Waals surface area (Å²) < 4.78 is 4.72. The Morgan fingerprint density at radius 2 is 1.82 bits per heavy atom. The number of aryl methyl sites for hydroxylation is 1. The lowest BCUT2D eigenvalue weighted by molar-refractivity contribution is 0.0600. The van der Waals surface area contributed by atoms with Crippen LogP contribution in [0.25, 0.3) is 0 Å². The van der Waals surface area contributed by atoms with Gasteiger partial charge >= 0.3 is 5.97 Å². The number of nitrogens with one attached hydrogen (secondary N) is 2. The van der Waals surface area contributed by atoms with Gasteiger partial charge in [0.05, 0.1) is 23.4 Å². The molecule has 3 aromatic rings. The van der Waals surface area contributed by atoms with Gasteiger partial charge < -0.3 is 15.4 Å². The Hall–Kier alpha value is -3.45. The number of ether oxygens (including phenoxy) is 1. The fraction of sp³-hybridized carbons (Fsp3) is 0.100. The number of para-hydroxylation sites is 1. The first-order chi connectivity index (χ1) is 13.5. The van der Waals surface area contributed by atoms with Crippen LogP contribution in [0.4, 0.5) is 17.2 Å². The van der Waals surface area contributed by atoms with Crippen molar-refractivity contribution in [3.63, 3.8) is 0 Å². The van der Waals surface area contributed by atoms with Crippen molar-refractivity contribution in [2.75, 3.05) is 17.7 Å². The number of anilines is 3. The molecule has 0 atom stereocenters. The van der Waals surface area contributed by atoms with Crippen LogP contribution in [0.1, 0.15) is 26.7 Å². The molecule has 0 unspecified atom stereocenters. The number of halogens is 1. The van der Waals surface area contributed by atoms with Crippen molar-refractivity contribution in [3.8, 4) is 0 Å². The second kappa shape index (κ2) is 8.49. The molecule has 0 fully saturated rings. The van der Waals surface area contributed by atoms with Crippen LogP contribution in [-0.4, -0.2) is 29.0 Å². The molecular formula is C20H17ClN4O3. The van der Waals surface area contributed by atoms with Gasteiger partial charge in [-0.2, -0.15) is 0 Å². The van der Waals surface area contributed by atoms with Crippen molar-refractivity contribution in [2.24, 2.45) is 0 Å². The molecule has 28 heavy (non-hydrogen) atoms. The van der Waals surface area contributed by atoms with E-state index in [-0.39, 0.29) is 5.69 Å². The van der Waals surface area contributed by atoms with Gasteiger partial charge in [-0.05, 0) is 37.3 Å². The number of hydrogen-bond donors (Lipinski definition) is 2. The molecule has 0 aliphatic rings. The van der Waals surface area contributed by atoms with Crippen LogP contribution in [0.3, 0.4) is 0 Å². The van der Waals surface area contributed by atoms with Crippen LogP contribution in [0.15, 0.2) is 54.6 Å². The normalized spacial score (nSPS) is 10.2. The highest BCUT2D eigenvalue weighted by molar-refractivity contribution is 6.33. The Balaban J connectivity index is 1.83. The van der Waals surface area contributed by atoms with Gasteiger partial charge in [-0.3, -0.25) is 4.79 Å². The number of methoxy groups -OCH3 is 1. The second-order valence-corrected chi connectivity index (χ2v) is 6.22. The fourth-order valence-corrected chi connectivity index (χ4v) is 2.67. The number of esters is 1. The number of carbonyl (C=O) groups excluding carboxylic acids is 2. The molecule has 0 saturated heterocycles. The summed E-state index contributed by atoms with van der Waals surface area (Å²) in [5, 5.41) is 6.23. The van der Waals surface area contributed by atoms with Crippen molar-refractivity contribution in [1.29, 1.82) is 0 Å². The summed E-state index contributed by atoms with van der Waals surface area (Å²) >= 11 is 6.08. The molecule has 1 heterocycles. The topological polar surface area (TPSA) is 93.2 Å². The number of rotatable bonds is 5. The number of benzene rings is 2. The molecule has 8 heteroatoms. The van der Waals surface area contributed by atoms with E-state index in [4.69, 9.17) is 16.3 Å². The first-order valence-electron chi connectivity index (χ1n) is 8.33. The lowest BCUT2D eigenvalue weighted by Crippen LogP contribution is -2.15. The number of amides is 1. The summed E-state index contributed by atoms with van der Waals surface area (Å²) in [5.74, 6) is -0.0236. The van der Waals surface area contributed by atoms with Crippen molar-refractivity contribution in [3.05, 3.63) is 76.7 Å². The lowest BCUT2D eigenvalue weighted by Gasteiger charge is -2.10. The Kier molecular flexibility index (Phi) is 5.86. The molecule has 0 aliphatic heterocycles. The molecule has 7 nitrogen and oxygen atoms in total. The molecule has 142 valence electrons. The fourth-order valence-electron chi connectivity index (χ4n) is 2.49. The average Bonchev–Trinajstić information content (AvgIpc) is 2.69. The van der Waals surface area contributed by atoms with Gasteiger partial charge in [0.1, 0.15) is 17.3 Å². The number of aromatic nitrogens is 2.